The number of hydrogen-bond acceptors (Lipinski definition) is 5. The Hall–Kier alpha value is -1.96. The summed E-state index contributed by atoms with van der Waals surface area (Å²) in [5, 5.41) is 15.5. The summed E-state index contributed by atoms with van der Waals surface area (Å²) < 4.78 is 6.45. The number of nitro groups is 1. The van der Waals surface area contributed by atoms with Gasteiger partial charge in [-0.1, -0.05) is 6.07 Å². The Labute approximate surface area is 122 Å². The Balaban J connectivity index is 2.65. The van der Waals surface area contributed by atoms with Gasteiger partial charge >= 0.3 is 6.09 Å². The van der Waals surface area contributed by atoms with Crippen molar-refractivity contribution >= 4 is 38.6 Å². The fourth-order valence-corrected chi connectivity index (χ4v) is 2.18. The van der Waals surface area contributed by atoms with Crippen molar-refractivity contribution in [1.29, 1.82) is 0 Å². The molecular formula is C12H12BrN3O4. The van der Waals surface area contributed by atoms with E-state index < -0.39 is 16.6 Å². The third-order valence-electron chi connectivity index (χ3n) is 2.40. The number of nitrogens with zero attached hydrogens (tertiary/aromatic N) is 3. The number of carbonyl (C=O) groups excluding carboxylic acids is 1. The highest BCUT2D eigenvalue weighted by atomic mass is 79.9. The first-order chi connectivity index (χ1) is 9.20. The lowest BCUT2D eigenvalue weighted by Crippen LogP contribution is -2.27. The van der Waals surface area contributed by atoms with Crippen molar-refractivity contribution in [3.05, 3.63) is 32.9 Å². The van der Waals surface area contributed by atoms with Gasteiger partial charge in [0.2, 0.25) is 0 Å². The fraction of sp³-hybridized carbons (Fsp3) is 0.333. The van der Waals surface area contributed by atoms with E-state index in [1.54, 1.807) is 26.8 Å². The predicted octanol–water partition coefficient (Wildman–Crippen LogP) is 3.49. The monoisotopic (exact) mass is 341 g/mol. The second-order valence-corrected chi connectivity index (χ2v) is 5.86. The van der Waals surface area contributed by atoms with Crippen molar-refractivity contribution in [3.8, 4) is 0 Å². The molecule has 7 nitrogen and oxygen atoms in total. The zero-order chi connectivity index (χ0) is 15.1. The Bertz CT molecular complexity index is 703. The summed E-state index contributed by atoms with van der Waals surface area (Å²) in [6.07, 6.45) is -0.762. The van der Waals surface area contributed by atoms with Crippen LogP contribution in [0.5, 0.6) is 0 Å². The molecule has 20 heavy (non-hydrogen) atoms. The molecule has 0 saturated heterocycles. The standard InChI is InChI=1S/C12H12BrN3O4/c1-12(2,3)20-11(17)15-9-7(10(13)14-15)5-4-6-8(9)16(18)19/h4-6H,1-3H3. The summed E-state index contributed by atoms with van der Waals surface area (Å²) in [5.74, 6) is 0. The fourth-order valence-electron chi connectivity index (χ4n) is 1.70. The second-order valence-electron chi connectivity index (χ2n) is 5.11. The molecule has 0 aliphatic heterocycles. The Morgan fingerprint density at radius 2 is 2.10 bits per heavy atom. The van der Waals surface area contributed by atoms with Crippen LogP contribution in [0.15, 0.2) is 22.8 Å². The van der Waals surface area contributed by atoms with E-state index in [-0.39, 0.29) is 11.2 Å². The van der Waals surface area contributed by atoms with Crippen LogP contribution in [0.25, 0.3) is 10.9 Å². The van der Waals surface area contributed by atoms with Gasteiger partial charge in [-0.25, -0.2) is 4.79 Å². The van der Waals surface area contributed by atoms with Gasteiger partial charge in [-0.2, -0.15) is 9.78 Å². The zero-order valence-corrected chi connectivity index (χ0v) is 12.7. The quantitative estimate of drug-likeness (QED) is 0.585. The molecule has 0 saturated carbocycles. The van der Waals surface area contributed by atoms with E-state index in [1.807, 2.05) is 0 Å². The van der Waals surface area contributed by atoms with Crippen molar-refractivity contribution in [2.24, 2.45) is 0 Å². The van der Waals surface area contributed by atoms with Gasteiger partial charge in [-0.15, -0.1) is 0 Å². The van der Waals surface area contributed by atoms with Gasteiger partial charge in [0.1, 0.15) is 10.2 Å². The summed E-state index contributed by atoms with van der Waals surface area (Å²) in [6.45, 7) is 5.13. The number of benzene rings is 1. The molecule has 0 unspecified atom stereocenters. The minimum atomic E-state index is -0.762. The number of aromatic nitrogens is 2. The van der Waals surface area contributed by atoms with Crippen molar-refractivity contribution < 1.29 is 14.5 Å². The normalized spacial score (nSPS) is 11.6. The van der Waals surface area contributed by atoms with Gasteiger partial charge in [0, 0.05) is 11.5 Å². The summed E-state index contributed by atoms with van der Waals surface area (Å²) in [7, 11) is 0. The molecule has 0 N–H and O–H groups in total. The molecule has 0 spiro atoms. The predicted molar refractivity (Wildman–Crippen MR) is 75.7 cm³/mol. The maximum Gasteiger partial charge on any atom is 0.436 e. The SMILES string of the molecule is CC(C)(C)OC(=O)n1nc(Br)c2cccc([N+](=O)[O-])c21. The molecule has 0 aliphatic carbocycles. The number of halogens is 1. The number of para-hydroxylation sites is 1. The van der Waals surface area contributed by atoms with Crippen LogP contribution in [0.2, 0.25) is 0 Å². The van der Waals surface area contributed by atoms with Crippen LogP contribution in [0.4, 0.5) is 10.5 Å². The molecule has 2 rings (SSSR count). The minimum absolute atomic E-state index is 0.110. The number of hydrogen-bond donors (Lipinski definition) is 0. The van der Waals surface area contributed by atoms with E-state index in [2.05, 4.69) is 21.0 Å². The minimum Gasteiger partial charge on any atom is -0.442 e. The Kier molecular flexibility index (Phi) is 3.51. The Morgan fingerprint density at radius 3 is 2.65 bits per heavy atom. The highest BCUT2D eigenvalue weighted by Gasteiger charge is 2.26. The first kappa shape index (κ1) is 14.4. The van der Waals surface area contributed by atoms with Crippen molar-refractivity contribution in [2.75, 3.05) is 0 Å². The van der Waals surface area contributed by atoms with Crippen LogP contribution < -0.4 is 0 Å². The van der Waals surface area contributed by atoms with Crippen LogP contribution in [-0.2, 0) is 4.74 Å². The molecule has 0 amide bonds. The summed E-state index contributed by atoms with van der Waals surface area (Å²) in [4.78, 5) is 22.6. The highest BCUT2D eigenvalue weighted by molar-refractivity contribution is 9.10. The van der Waals surface area contributed by atoms with Crippen LogP contribution in [0.3, 0.4) is 0 Å². The molecule has 8 heteroatoms. The van der Waals surface area contributed by atoms with Crippen LogP contribution in [0.1, 0.15) is 20.8 Å². The number of nitro benzene ring substituents is 1. The largest absolute Gasteiger partial charge is 0.442 e. The average Bonchev–Trinajstić information content (AvgIpc) is 2.65. The van der Waals surface area contributed by atoms with Crippen LogP contribution in [0, 0.1) is 10.1 Å². The van der Waals surface area contributed by atoms with E-state index in [0.29, 0.717) is 9.99 Å². The molecule has 1 aromatic carbocycles. The summed E-state index contributed by atoms with van der Waals surface area (Å²) >= 11 is 3.19. The first-order valence-corrected chi connectivity index (χ1v) is 6.55. The smallest absolute Gasteiger partial charge is 0.436 e. The lowest BCUT2D eigenvalue weighted by molar-refractivity contribution is -0.383. The first-order valence-electron chi connectivity index (χ1n) is 5.75. The molecule has 1 heterocycles. The third kappa shape index (κ3) is 2.64. The van der Waals surface area contributed by atoms with Crippen LogP contribution >= 0.6 is 15.9 Å². The van der Waals surface area contributed by atoms with Gasteiger partial charge in [0.25, 0.3) is 5.69 Å². The number of fused-ring (bicyclic) bond motifs is 1. The van der Waals surface area contributed by atoms with Gasteiger partial charge in [-0.3, -0.25) is 10.1 Å². The van der Waals surface area contributed by atoms with Gasteiger partial charge in [0.05, 0.1) is 4.92 Å². The molecule has 0 bridgehead atoms. The number of carbonyl (C=O) groups is 1. The molecule has 106 valence electrons. The average molecular weight is 342 g/mol. The lowest BCUT2D eigenvalue weighted by atomic mass is 10.2. The number of ether oxygens (including phenoxy) is 1. The number of non-ortho nitro benzene ring substituents is 1. The van der Waals surface area contributed by atoms with Gasteiger partial charge < -0.3 is 4.74 Å². The van der Waals surface area contributed by atoms with Gasteiger partial charge in [-0.05, 0) is 42.8 Å². The summed E-state index contributed by atoms with van der Waals surface area (Å²) in [6, 6.07) is 4.49. The third-order valence-corrected chi connectivity index (χ3v) is 2.99. The van der Waals surface area contributed by atoms with Crippen molar-refractivity contribution in [1.82, 2.24) is 9.78 Å². The second kappa shape index (κ2) is 4.86. The highest BCUT2D eigenvalue weighted by Crippen LogP contribution is 2.31. The summed E-state index contributed by atoms with van der Waals surface area (Å²) in [5.41, 5.74) is -0.809. The van der Waals surface area contributed by atoms with Crippen molar-refractivity contribution in [3.63, 3.8) is 0 Å². The van der Waals surface area contributed by atoms with Gasteiger partial charge in [0.15, 0.2) is 5.52 Å². The maximum absolute atomic E-state index is 12.1. The molecule has 0 fully saturated rings. The molecule has 0 aliphatic rings. The molecule has 0 atom stereocenters. The zero-order valence-electron chi connectivity index (χ0n) is 11.1. The lowest BCUT2D eigenvalue weighted by Gasteiger charge is -2.19. The molecular weight excluding hydrogens is 330 g/mol. The van der Waals surface area contributed by atoms with E-state index in [1.165, 1.54) is 12.1 Å². The van der Waals surface area contributed by atoms with Crippen molar-refractivity contribution in [2.45, 2.75) is 26.4 Å². The number of rotatable bonds is 1. The molecule has 0 radical (unpaired) electrons. The Morgan fingerprint density at radius 1 is 1.45 bits per heavy atom. The van der Waals surface area contributed by atoms with E-state index in [4.69, 9.17) is 4.74 Å². The molecule has 1 aromatic heterocycles. The topological polar surface area (TPSA) is 87.3 Å². The van der Waals surface area contributed by atoms with E-state index in [9.17, 15) is 14.9 Å². The maximum atomic E-state index is 12.1. The van der Waals surface area contributed by atoms with E-state index in [0.717, 1.165) is 4.68 Å². The van der Waals surface area contributed by atoms with Crippen LogP contribution in [-0.4, -0.2) is 26.4 Å². The molecule has 2 aromatic rings. The van der Waals surface area contributed by atoms with E-state index >= 15 is 0 Å².